The lowest BCUT2D eigenvalue weighted by molar-refractivity contribution is -0.169. The summed E-state index contributed by atoms with van der Waals surface area (Å²) >= 11 is 0. The van der Waals surface area contributed by atoms with Crippen LogP contribution in [0.1, 0.15) is 93.4 Å². The number of carbonyl (C=O) groups excluding carboxylic acids is 3. The van der Waals surface area contributed by atoms with Gasteiger partial charge in [0.15, 0.2) is 0 Å². The molecule has 1 aliphatic carbocycles. The van der Waals surface area contributed by atoms with Crippen molar-refractivity contribution in [3.8, 4) is 23.3 Å². The molecule has 0 radical (unpaired) electrons. The second-order valence-electron chi connectivity index (χ2n) is 13.1. The summed E-state index contributed by atoms with van der Waals surface area (Å²) in [4.78, 5) is 38.5. The van der Waals surface area contributed by atoms with Crippen LogP contribution in [0, 0.1) is 17.8 Å². The van der Waals surface area contributed by atoms with Gasteiger partial charge in [-0.05, 0) is 80.8 Å². The molecule has 10 nitrogen and oxygen atoms in total. The van der Waals surface area contributed by atoms with Gasteiger partial charge in [0.05, 0.1) is 25.0 Å². The second kappa shape index (κ2) is 14.3. The number of anilines is 1. The molecule has 0 unspecified atom stereocenters. The summed E-state index contributed by atoms with van der Waals surface area (Å²) in [7, 11) is 0. The number of rotatable bonds is 7. The molecule has 1 fully saturated rings. The number of esters is 2. The smallest absolute Gasteiger partial charge is 0.334 e. The summed E-state index contributed by atoms with van der Waals surface area (Å²) in [5.74, 6) is 4.12. The molecule has 47 heavy (non-hydrogen) atoms. The number of cyclic esters (lactones) is 1. The molecule has 2 heterocycles. The number of phenolic OH excluding ortho intramolecular Hbond substituents is 1. The van der Waals surface area contributed by atoms with E-state index in [1.807, 2.05) is 6.07 Å². The molecule has 0 spiro atoms. The molecule has 250 valence electrons. The largest absolute Gasteiger partial charge is 0.508 e. The van der Waals surface area contributed by atoms with Gasteiger partial charge in [-0.25, -0.2) is 4.79 Å². The lowest BCUT2D eigenvalue weighted by Crippen LogP contribution is -2.50. The van der Waals surface area contributed by atoms with Crippen LogP contribution < -0.4 is 10.1 Å². The van der Waals surface area contributed by atoms with Crippen LogP contribution in [0.2, 0.25) is 0 Å². The van der Waals surface area contributed by atoms with Gasteiger partial charge in [0.25, 0.3) is 0 Å². The maximum absolute atomic E-state index is 13.9. The zero-order chi connectivity index (χ0) is 33.9. The minimum Gasteiger partial charge on any atom is -0.508 e. The molecule has 2 aliphatic heterocycles. The molecule has 0 saturated heterocycles. The fourth-order valence-corrected chi connectivity index (χ4v) is 6.66. The molecule has 3 aliphatic rings. The summed E-state index contributed by atoms with van der Waals surface area (Å²) in [6.07, 6.45) is 1.62. The van der Waals surface area contributed by atoms with E-state index < -0.39 is 41.6 Å². The van der Waals surface area contributed by atoms with Crippen molar-refractivity contribution in [3.05, 3.63) is 64.2 Å². The summed E-state index contributed by atoms with van der Waals surface area (Å²) in [5.41, 5.74) is 1.77. The van der Waals surface area contributed by atoms with E-state index in [0.717, 1.165) is 0 Å². The number of aliphatic hydroxyl groups excluding tert-OH is 2. The van der Waals surface area contributed by atoms with Crippen LogP contribution in [0.3, 0.4) is 0 Å². The van der Waals surface area contributed by atoms with Crippen molar-refractivity contribution in [3.63, 3.8) is 0 Å². The van der Waals surface area contributed by atoms with Crippen LogP contribution in [-0.2, 0) is 32.1 Å². The molecule has 5 rings (SSSR count). The van der Waals surface area contributed by atoms with Gasteiger partial charge in [-0.1, -0.05) is 24.0 Å². The normalized spacial score (nSPS) is 24.8. The Labute approximate surface area is 274 Å². The number of Topliss-reactive ketones (excluding diaryl/α,β-unsaturated/α-hetero) is 1. The number of hydrogen-bond acceptors (Lipinski definition) is 10. The van der Waals surface area contributed by atoms with E-state index in [2.05, 4.69) is 17.2 Å². The van der Waals surface area contributed by atoms with Gasteiger partial charge in [0.1, 0.15) is 29.0 Å². The third-order valence-electron chi connectivity index (χ3n) is 9.53. The van der Waals surface area contributed by atoms with E-state index in [-0.39, 0.29) is 55.6 Å². The summed E-state index contributed by atoms with van der Waals surface area (Å²) < 4.78 is 11.6. The fourth-order valence-electron chi connectivity index (χ4n) is 6.66. The Morgan fingerprint density at radius 1 is 1.04 bits per heavy atom. The molecular weight excluding hydrogens is 602 g/mol. The zero-order valence-corrected chi connectivity index (χ0v) is 27.0. The first kappa shape index (κ1) is 34.2. The van der Waals surface area contributed by atoms with Gasteiger partial charge in [-0.3, -0.25) is 9.59 Å². The van der Waals surface area contributed by atoms with E-state index in [1.54, 1.807) is 45.0 Å². The number of carbonyl (C=O) groups is 3. The van der Waals surface area contributed by atoms with Crippen molar-refractivity contribution in [2.24, 2.45) is 5.92 Å². The van der Waals surface area contributed by atoms with Crippen LogP contribution in [0.25, 0.3) is 0 Å². The number of fused-ring (bicyclic) bond motifs is 1. The number of aromatic hydroxyl groups is 1. The predicted molar refractivity (Wildman–Crippen MR) is 174 cm³/mol. The topological polar surface area (TPSA) is 163 Å². The average Bonchev–Trinajstić information content (AvgIpc) is 3.04. The van der Waals surface area contributed by atoms with Gasteiger partial charge in [-0.2, -0.15) is 0 Å². The Hall–Kier alpha value is -4.17. The van der Waals surface area contributed by atoms with Crippen molar-refractivity contribution in [1.82, 2.24) is 0 Å². The zero-order valence-electron chi connectivity index (χ0n) is 27.0. The quantitative estimate of drug-likeness (QED) is 0.128. The number of ketones is 1. The molecule has 2 aromatic carbocycles. The number of nitrogens with one attached hydrogen (secondary N) is 1. The lowest BCUT2D eigenvalue weighted by Gasteiger charge is -2.40. The number of benzene rings is 2. The highest BCUT2D eigenvalue weighted by Gasteiger charge is 2.44. The summed E-state index contributed by atoms with van der Waals surface area (Å²) in [6.45, 7) is 5.03. The van der Waals surface area contributed by atoms with Crippen LogP contribution in [0.15, 0.2) is 42.0 Å². The first-order valence-electron chi connectivity index (χ1n) is 16.2. The van der Waals surface area contributed by atoms with Crippen molar-refractivity contribution in [2.75, 3.05) is 11.9 Å². The average molecular weight is 646 g/mol. The number of phenols is 1. The Morgan fingerprint density at radius 3 is 2.45 bits per heavy atom. The Kier molecular flexibility index (Phi) is 10.4. The van der Waals surface area contributed by atoms with Crippen LogP contribution >= 0.6 is 0 Å². The molecule has 1 saturated carbocycles. The SMILES string of the molecule is C/C=C1/C[C@@H](c2cc(CO)cc(NC[C@H](C)O)c2)C#C[C@H]2CC(=O)Oc3cc(O)c(cc32)C[C@H]([C@@](C)(O)C2CCC(=O)CC2)OC1=O. The first-order chi connectivity index (χ1) is 22.4. The van der Waals surface area contributed by atoms with E-state index in [1.165, 1.54) is 6.07 Å². The van der Waals surface area contributed by atoms with Gasteiger partial charge < -0.3 is 35.2 Å². The van der Waals surface area contributed by atoms with Crippen LogP contribution in [0.4, 0.5) is 5.69 Å². The van der Waals surface area contributed by atoms with E-state index in [4.69, 9.17) is 9.47 Å². The Balaban J connectivity index is 1.62. The molecule has 10 heteroatoms. The number of ether oxygens (including phenoxy) is 2. The third kappa shape index (κ3) is 7.87. The highest BCUT2D eigenvalue weighted by atomic mass is 16.6. The lowest BCUT2D eigenvalue weighted by atomic mass is 9.73. The van der Waals surface area contributed by atoms with E-state index in [0.29, 0.717) is 59.2 Å². The molecule has 5 N–H and O–H groups in total. The fraction of sp³-hybridized carbons (Fsp3) is 0.486. The van der Waals surface area contributed by atoms with Crippen molar-refractivity contribution in [2.45, 2.75) is 102 Å². The number of allylic oxidation sites excluding steroid dienone is 1. The molecule has 5 atom stereocenters. The minimum atomic E-state index is -1.53. The van der Waals surface area contributed by atoms with Crippen molar-refractivity contribution in [1.29, 1.82) is 0 Å². The summed E-state index contributed by atoms with van der Waals surface area (Å²) in [6, 6.07) is 8.50. The minimum absolute atomic E-state index is 0.0159. The molecule has 2 bridgehead atoms. The maximum Gasteiger partial charge on any atom is 0.334 e. The number of hydrogen-bond donors (Lipinski definition) is 5. The maximum atomic E-state index is 13.9. The number of aliphatic hydroxyl groups is 3. The summed E-state index contributed by atoms with van der Waals surface area (Å²) in [5, 5.41) is 46.1. The van der Waals surface area contributed by atoms with Gasteiger partial charge >= 0.3 is 11.9 Å². The predicted octanol–water partition coefficient (Wildman–Crippen LogP) is 4.17. The Bertz CT molecular complexity index is 1620. The third-order valence-corrected chi connectivity index (χ3v) is 9.53. The molecule has 2 aromatic rings. The van der Waals surface area contributed by atoms with Crippen LogP contribution in [0.5, 0.6) is 11.5 Å². The highest BCUT2D eigenvalue weighted by molar-refractivity contribution is 5.89. The Morgan fingerprint density at radius 2 is 1.77 bits per heavy atom. The van der Waals surface area contributed by atoms with Gasteiger partial charge in [0.2, 0.25) is 0 Å². The van der Waals surface area contributed by atoms with E-state index >= 15 is 0 Å². The standard InChI is InChI=1S/C37H43NO9/c1-4-23-13-24(26-11-22(20-39)12-29(14-26)38-19-21(2)40)5-6-25-17-35(43)46-33-18-32(42)27(15-31(25)33)16-34(47-36(23)44)37(3,45)28-7-9-30(41)10-8-28/h4,11-12,14-15,18,21,24-25,28,34,38-40,42,45H,7-10,13,16-17,19-20H2,1-3H3/b23-4-/t21-,24-,25-,34+,37-/m0/s1. The van der Waals surface area contributed by atoms with Crippen LogP contribution in [-0.4, -0.2) is 62.5 Å². The van der Waals surface area contributed by atoms with Gasteiger partial charge in [-0.15, -0.1) is 0 Å². The first-order valence-corrected chi connectivity index (χ1v) is 16.2. The molecular formula is C37H43NO9. The van der Waals surface area contributed by atoms with Gasteiger partial charge in [0, 0.05) is 54.6 Å². The molecule has 0 aromatic heterocycles. The van der Waals surface area contributed by atoms with Crippen molar-refractivity contribution < 1.29 is 44.3 Å². The van der Waals surface area contributed by atoms with E-state index in [9.17, 15) is 34.8 Å². The molecule has 0 amide bonds. The van der Waals surface area contributed by atoms with Crippen molar-refractivity contribution >= 4 is 23.4 Å². The highest BCUT2D eigenvalue weighted by Crippen LogP contribution is 2.42. The second-order valence-corrected chi connectivity index (χ2v) is 13.1. The monoisotopic (exact) mass is 645 g/mol.